The predicted molar refractivity (Wildman–Crippen MR) is 142 cm³/mol. The van der Waals surface area contributed by atoms with Crippen LogP contribution in [0.5, 0.6) is 5.75 Å². The highest BCUT2D eigenvalue weighted by Crippen LogP contribution is 2.34. The Morgan fingerprint density at radius 1 is 1.05 bits per heavy atom. The van der Waals surface area contributed by atoms with E-state index in [1.54, 1.807) is 12.4 Å². The summed E-state index contributed by atoms with van der Waals surface area (Å²) in [5, 5.41) is 17.8. The minimum atomic E-state index is -0.435. The molecule has 9 nitrogen and oxygen atoms in total. The second kappa shape index (κ2) is 11.2. The Morgan fingerprint density at radius 2 is 1.86 bits per heavy atom. The van der Waals surface area contributed by atoms with Crippen LogP contribution in [0.25, 0.3) is 11.4 Å². The third kappa shape index (κ3) is 5.62. The van der Waals surface area contributed by atoms with Crippen LogP contribution in [0.1, 0.15) is 41.5 Å². The highest BCUT2D eigenvalue weighted by Gasteiger charge is 2.37. The maximum atomic E-state index is 13.0. The number of aromatic amines is 1. The molecule has 4 N–H and O–H groups in total. The SMILES string of the molecule is CCOc1ccccc1CNC(=O)c1cccc(NC2(c3nc(-c4ccncc4)n[nH]3)CCNCC2)c1. The van der Waals surface area contributed by atoms with E-state index in [9.17, 15) is 4.79 Å². The molecular formula is C28H31N7O2. The molecule has 190 valence electrons. The molecular weight excluding hydrogens is 466 g/mol. The summed E-state index contributed by atoms with van der Waals surface area (Å²) < 4.78 is 5.68. The first-order valence-electron chi connectivity index (χ1n) is 12.6. The van der Waals surface area contributed by atoms with E-state index in [0.717, 1.165) is 54.3 Å². The molecule has 0 saturated carbocycles. The summed E-state index contributed by atoms with van der Waals surface area (Å²) in [7, 11) is 0. The molecule has 0 unspecified atom stereocenters. The average Bonchev–Trinajstić information content (AvgIpc) is 3.45. The van der Waals surface area contributed by atoms with Crippen LogP contribution in [-0.2, 0) is 12.1 Å². The van der Waals surface area contributed by atoms with E-state index in [1.807, 2.05) is 67.6 Å². The molecule has 37 heavy (non-hydrogen) atoms. The van der Waals surface area contributed by atoms with Crippen LogP contribution in [0, 0.1) is 0 Å². The maximum Gasteiger partial charge on any atom is 0.251 e. The van der Waals surface area contributed by atoms with Crippen LogP contribution in [0.3, 0.4) is 0 Å². The Labute approximate surface area is 216 Å². The number of ether oxygens (including phenoxy) is 1. The molecule has 2 aromatic carbocycles. The molecule has 5 rings (SSSR count). The molecule has 0 radical (unpaired) electrons. The third-order valence-corrected chi connectivity index (χ3v) is 6.55. The van der Waals surface area contributed by atoms with Crippen LogP contribution in [0.4, 0.5) is 5.69 Å². The van der Waals surface area contributed by atoms with Crippen molar-refractivity contribution in [2.45, 2.75) is 31.8 Å². The molecule has 1 fully saturated rings. The second-order valence-corrected chi connectivity index (χ2v) is 9.00. The number of nitrogens with one attached hydrogen (secondary N) is 4. The molecule has 0 aliphatic carbocycles. The molecule has 9 heteroatoms. The van der Waals surface area contributed by atoms with Gasteiger partial charge >= 0.3 is 0 Å². The molecule has 0 bridgehead atoms. The molecule has 1 saturated heterocycles. The van der Waals surface area contributed by atoms with E-state index >= 15 is 0 Å². The van der Waals surface area contributed by atoms with Crippen molar-refractivity contribution in [3.8, 4) is 17.1 Å². The molecule has 3 heterocycles. The fourth-order valence-corrected chi connectivity index (χ4v) is 4.62. The lowest BCUT2D eigenvalue weighted by Gasteiger charge is -2.37. The van der Waals surface area contributed by atoms with E-state index in [1.165, 1.54) is 0 Å². The molecule has 1 amide bonds. The zero-order valence-electron chi connectivity index (χ0n) is 20.8. The largest absolute Gasteiger partial charge is 0.494 e. The number of hydrogen-bond acceptors (Lipinski definition) is 7. The number of benzene rings is 2. The van der Waals surface area contributed by atoms with Crippen molar-refractivity contribution in [2.75, 3.05) is 25.0 Å². The van der Waals surface area contributed by atoms with Crippen molar-refractivity contribution >= 4 is 11.6 Å². The van der Waals surface area contributed by atoms with Crippen molar-refractivity contribution in [1.82, 2.24) is 30.8 Å². The van der Waals surface area contributed by atoms with Gasteiger partial charge in [-0.15, -0.1) is 0 Å². The van der Waals surface area contributed by atoms with Crippen LogP contribution in [0.15, 0.2) is 73.1 Å². The van der Waals surface area contributed by atoms with E-state index in [4.69, 9.17) is 9.72 Å². The summed E-state index contributed by atoms with van der Waals surface area (Å²) in [6, 6.07) is 19.1. The number of carbonyl (C=O) groups is 1. The van der Waals surface area contributed by atoms with Gasteiger partial charge in [-0.05, 0) is 69.3 Å². The fourth-order valence-electron chi connectivity index (χ4n) is 4.62. The number of H-pyrrole nitrogens is 1. The summed E-state index contributed by atoms with van der Waals surface area (Å²) >= 11 is 0. The van der Waals surface area contributed by atoms with Gasteiger partial charge in [0.05, 0.1) is 12.1 Å². The number of rotatable bonds is 9. The van der Waals surface area contributed by atoms with Gasteiger partial charge in [-0.3, -0.25) is 14.9 Å². The van der Waals surface area contributed by atoms with Gasteiger partial charge in [0.1, 0.15) is 5.75 Å². The summed E-state index contributed by atoms with van der Waals surface area (Å²) in [6.45, 7) is 4.60. The Hall–Kier alpha value is -4.24. The van der Waals surface area contributed by atoms with Crippen molar-refractivity contribution in [3.05, 3.63) is 90.0 Å². The van der Waals surface area contributed by atoms with E-state index in [-0.39, 0.29) is 5.91 Å². The summed E-state index contributed by atoms with van der Waals surface area (Å²) in [6.07, 6.45) is 5.11. The van der Waals surface area contributed by atoms with E-state index in [2.05, 4.69) is 31.1 Å². The Bertz CT molecular complexity index is 1330. The highest BCUT2D eigenvalue weighted by atomic mass is 16.5. The number of anilines is 1. The van der Waals surface area contributed by atoms with Crippen LogP contribution >= 0.6 is 0 Å². The Kier molecular flexibility index (Phi) is 7.41. The Balaban J connectivity index is 1.33. The number of para-hydroxylation sites is 1. The van der Waals surface area contributed by atoms with Gasteiger partial charge in [-0.2, -0.15) is 5.10 Å². The topological polar surface area (TPSA) is 117 Å². The highest BCUT2D eigenvalue weighted by molar-refractivity contribution is 5.95. The van der Waals surface area contributed by atoms with Crippen molar-refractivity contribution in [3.63, 3.8) is 0 Å². The van der Waals surface area contributed by atoms with Gasteiger partial charge in [-0.25, -0.2) is 4.98 Å². The smallest absolute Gasteiger partial charge is 0.251 e. The quantitative estimate of drug-likeness (QED) is 0.277. The minimum Gasteiger partial charge on any atom is -0.494 e. The average molecular weight is 498 g/mol. The van der Waals surface area contributed by atoms with Crippen LogP contribution in [0.2, 0.25) is 0 Å². The predicted octanol–water partition coefficient (Wildman–Crippen LogP) is 3.89. The summed E-state index contributed by atoms with van der Waals surface area (Å²) in [5.41, 5.74) is 2.85. The first kappa shape index (κ1) is 24.5. The summed E-state index contributed by atoms with van der Waals surface area (Å²) in [4.78, 5) is 21.9. The standard InChI is InChI=1S/C28H31N7O2/c1-2-37-24-9-4-3-6-22(24)19-31-26(36)21-7-5-8-23(18-21)33-28(12-16-30-17-13-28)27-32-25(34-35-27)20-10-14-29-15-11-20/h3-11,14-15,18,30,33H,2,12-13,16-17,19H2,1H3,(H,31,36)(H,32,34,35). The lowest BCUT2D eigenvalue weighted by atomic mass is 9.87. The van der Waals surface area contributed by atoms with Gasteiger partial charge in [-0.1, -0.05) is 24.3 Å². The molecule has 1 aliphatic heterocycles. The summed E-state index contributed by atoms with van der Waals surface area (Å²) in [5.74, 6) is 2.06. The van der Waals surface area contributed by atoms with Gasteiger partial charge in [0.2, 0.25) is 0 Å². The number of piperidine rings is 1. The Morgan fingerprint density at radius 3 is 2.68 bits per heavy atom. The maximum absolute atomic E-state index is 13.0. The van der Waals surface area contributed by atoms with Crippen molar-refractivity contribution in [2.24, 2.45) is 0 Å². The van der Waals surface area contributed by atoms with E-state index in [0.29, 0.717) is 24.5 Å². The number of carbonyl (C=O) groups excluding carboxylic acids is 1. The normalized spacial score (nSPS) is 14.6. The third-order valence-electron chi connectivity index (χ3n) is 6.55. The number of pyridine rings is 1. The zero-order chi connectivity index (χ0) is 25.5. The number of amides is 1. The molecule has 1 aliphatic rings. The number of nitrogens with zero attached hydrogens (tertiary/aromatic N) is 3. The molecule has 0 spiro atoms. The van der Waals surface area contributed by atoms with E-state index < -0.39 is 5.54 Å². The van der Waals surface area contributed by atoms with Gasteiger partial charge in [0.25, 0.3) is 5.91 Å². The monoisotopic (exact) mass is 497 g/mol. The van der Waals surface area contributed by atoms with Crippen molar-refractivity contribution in [1.29, 1.82) is 0 Å². The van der Waals surface area contributed by atoms with Crippen LogP contribution < -0.4 is 20.7 Å². The number of hydrogen-bond donors (Lipinski definition) is 4. The molecule has 0 atom stereocenters. The first-order valence-corrected chi connectivity index (χ1v) is 12.6. The van der Waals surface area contributed by atoms with Crippen molar-refractivity contribution < 1.29 is 9.53 Å². The minimum absolute atomic E-state index is 0.144. The lowest BCUT2D eigenvalue weighted by molar-refractivity contribution is 0.0950. The van der Waals surface area contributed by atoms with Crippen LogP contribution in [-0.4, -0.2) is 45.8 Å². The first-order chi connectivity index (χ1) is 18.2. The molecule has 2 aromatic heterocycles. The number of aromatic nitrogens is 4. The lowest BCUT2D eigenvalue weighted by Crippen LogP contribution is -2.46. The molecule has 4 aromatic rings. The van der Waals surface area contributed by atoms with Gasteiger partial charge < -0.3 is 20.7 Å². The zero-order valence-corrected chi connectivity index (χ0v) is 20.8. The fraction of sp³-hybridized carbons (Fsp3) is 0.286. The second-order valence-electron chi connectivity index (χ2n) is 9.00. The van der Waals surface area contributed by atoms with Gasteiger partial charge in [0.15, 0.2) is 11.6 Å². The van der Waals surface area contributed by atoms with Gasteiger partial charge in [0, 0.05) is 41.3 Å².